The summed E-state index contributed by atoms with van der Waals surface area (Å²) in [5.41, 5.74) is -0.664. The van der Waals surface area contributed by atoms with E-state index < -0.39 is 29.0 Å². The quantitative estimate of drug-likeness (QED) is 0.570. The second-order valence-corrected chi connectivity index (χ2v) is 6.40. The Morgan fingerprint density at radius 2 is 1.77 bits per heavy atom. The van der Waals surface area contributed by atoms with Crippen LogP contribution in [-0.2, 0) is 9.53 Å². The number of rotatable bonds is 7. The number of amides is 2. The first-order valence-corrected chi connectivity index (χ1v) is 9.69. The number of aldehydes is 1. The molecule has 3 N–H and O–H groups in total. The second kappa shape index (κ2) is 15.7. The minimum Gasteiger partial charge on any atom is -0.388 e. The van der Waals surface area contributed by atoms with Crippen LogP contribution in [0, 0.1) is 17.6 Å². The van der Waals surface area contributed by atoms with E-state index in [1.165, 1.54) is 6.20 Å². The fraction of sp³-hybridized carbons (Fsp3) is 0.429. The van der Waals surface area contributed by atoms with Crippen LogP contribution in [0.1, 0.15) is 54.5 Å². The molecule has 10 heteroatoms. The van der Waals surface area contributed by atoms with Crippen molar-refractivity contribution in [1.82, 2.24) is 15.5 Å². The number of nitrogens with one attached hydrogen (secondary N) is 3. The molecule has 1 atom stereocenters. The first-order chi connectivity index (χ1) is 14.8. The molecule has 0 aliphatic carbocycles. The van der Waals surface area contributed by atoms with Gasteiger partial charge < -0.3 is 20.2 Å². The summed E-state index contributed by atoms with van der Waals surface area (Å²) in [7, 11) is 3.25. The van der Waals surface area contributed by atoms with Crippen LogP contribution in [0.5, 0.6) is 0 Å². The molecular formula is C21H30F2N4O4. The molecule has 2 rings (SSSR count). The van der Waals surface area contributed by atoms with Crippen LogP contribution in [0.3, 0.4) is 0 Å². The first-order valence-electron chi connectivity index (χ1n) is 9.69. The second-order valence-electron chi connectivity index (χ2n) is 6.40. The van der Waals surface area contributed by atoms with Crippen molar-refractivity contribution in [2.45, 2.75) is 33.6 Å². The van der Waals surface area contributed by atoms with Gasteiger partial charge in [0, 0.05) is 26.7 Å². The van der Waals surface area contributed by atoms with Gasteiger partial charge in [0.15, 0.2) is 0 Å². The molecule has 0 spiro atoms. The summed E-state index contributed by atoms with van der Waals surface area (Å²) in [6.45, 7) is 6.25. The van der Waals surface area contributed by atoms with Crippen LogP contribution in [0.4, 0.5) is 14.5 Å². The van der Waals surface area contributed by atoms with Gasteiger partial charge in [-0.2, -0.15) is 5.10 Å². The molecule has 1 aromatic carbocycles. The largest absolute Gasteiger partial charge is 0.388 e. The van der Waals surface area contributed by atoms with Crippen LogP contribution in [-0.4, -0.2) is 49.1 Å². The van der Waals surface area contributed by atoms with Crippen molar-refractivity contribution in [1.29, 1.82) is 0 Å². The number of aromatic nitrogens is 2. The number of hydrogen-bond donors (Lipinski definition) is 3. The molecule has 2 amide bonds. The van der Waals surface area contributed by atoms with Gasteiger partial charge in [-0.05, 0) is 25.0 Å². The number of anilines is 1. The minimum atomic E-state index is -0.999. The molecule has 0 bridgehead atoms. The van der Waals surface area contributed by atoms with Crippen molar-refractivity contribution in [2.24, 2.45) is 5.92 Å². The van der Waals surface area contributed by atoms with Gasteiger partial charge in [0.1, 0.15) is 29.2 Å². The molecule has 1 heterocycles. The zero-order chi connectivity index (χ0) is 23.8. The molecule has 0 aliphatic heterocycles. The Bertz CT molecular complexity index is 807. The number of carbonyl (C=O) groups is 3. The average Bonchev–Trinajstić information content (AvgIpc) is 3.20. The summed E-state index contributed by atoms with van der Waals surface area (Å²) < 4.78 is 31.4. The molecule has 1 aromatic heterocycles. The summed E-state index contributed by atoms with van der Waals surface area (Å²) in [6.07, 6.45) is 3.86. The molecule has 0 saturated heterocycles. The molecule has 0 saturated carbocycles. The molecule has 0 fully saturated rings. The minimum absolute atomic E-state index is 0.0125. The van der Waals surface area contributed by atoms with Gasteiger partial charge >= 0.3 is 0 Å². The normalized spacial score (nSPS) is 10.5. The molecule has 31 heavy (non-hydrogen) atoms. The molecule has 2 aromatic rings. The highest BCUT2D eigenvalue weighted by molar-refractivity contribution is 6.08. The fourth-order valence-corrected chi connectivity index (χ4v) is 1.88. The Labute approximate surface area is 180 Å². The average molecular weight is 440 g/mol. The Kier molecular flexibility index (Phi) is 14.1. The van der Waals surface area contributed by atoms with Crippen molar-refractivity contribution >= 4 is 23.8 Å². The molecule has 0 radical (unpaired) electrons. The molecular weight excluding hydrogens is 410 g/mol. The predicted octanol–water partition coefficient (Wildman–Crippen LogP) is 3.57. The van der Waals surface area contributed by atoms with E-state index in [0.29, 0.717) is 6.54 Å². The lowest BCUT2D eigenvalue weighted by Gasteiger charge is -2.07. The standard InChI is InChI=1S/C14H14F2N4O2.C5H10O.C2H6O/c1-2-6-17-14(22)12-10(7-18-20-12)19-13(21)11-8(15)4-3-5-9(11)16;1-3-5(2)4-6;1-3-2/h3-5,7H,2,6H2,1H3,(H,17,22)(H,18,20)(H,19,21);4-5H,3H2,1-2H3;1-2H3. The van der Waals surface area contributed by atoms with Crippen LogP contribution in [0.25, 0.3) is 0 Å². The lowest BCUT2D eigenvalue weighted by molar-refractivity contribution is -0.110. The van der Waals surface area contributed by atoms with Crippen molar-refractivity contribution in [2.75, 3.05) is 26.1 Å². The smallest absolute Gasteiger partial charge is 0.271 e. The van der Waals surface area contributed by atoms with Crippen LogP contribution >= 0.6 is 0 Å². The highest BCUT2D eigenvalue weighted by Gasteiger charge is 2.20. The van der Waals surface area contributed by atoms with Crippen molar-refractivity contribution in [3.05, 3.63) is 47.3 Å². The van der Waals surface area contributed by atoms with Crippen LogP contribution in [0.2, 0.25) is 0 Å². The zero-order valence-electron chi connectivity index (χ0n) is 18.4. The van der Waals surface area contributed by atoms with Gasteiger partial charge in [-0.1, -0.05) is 26.8 Å². The lowest BCUT2D eigenvalue weighted by Crippen LogP contribution is -2.26. The highest BCUT2D eigenvalue weighted by Crippen LogP contribution is 2.17. The van der Waals surface area contributed by atoms with Crippen molar-refractivity contribution in [3.8, 4) is 0 Å². The molecule has 172 valence electrons. The van der Waals surface area contributed by atoms with Gasteiger partial charge in [0.25, 0.3) is 11.8 Å². The Balaban J connectivity index is 0.000000848. The summed E-state index contributed by atoms with van der Waals surface area (Å²) in [6, 6.07) is 3.10. The van der Waals surface area contributed by atoms with E-state index in [9.17, 15) is 23.2 Å². The predicted molar refractivity (Wildman–Crippen MR) is 114 cm³/mol. The van der Waals surface area contributed by atoms with Gasteiger partial charge in [0.05, 0.1) is 11.9 Å². The number of ether oxygens (including phenoxy) is 1. The number of carbonyl (C=O) groups excluding carboxylic acids is 3. The highest BCUT2D eigenvalue weighted by atomic mass is 19.1. The Morgan fingerprint density at radius 3 is 2.23 bits per heavy atom. The lowest BCUT2D eigenvalue weighted by atomic mass is 10.2. The summed E-state index contributed by atoms with van der Waals surface area (Å²) in [5, 5.41) is 11.0. The number of aromatic amines is 1. The molecule has 1 unspecified atom stereocenters. The number of methoxy groups -OCH3 is 1. The monoisotopic (exact) mass is 440 g/mol. The fourth-order valence-electron chi connectivity index (χ4n) is 1.88. The summed E-state index contributed by atoms with van der Waals surface area (Å²) in [5.74, 6) is -3.19. The van der Waals surface area contributed by atoms with E-state index in [1.807, 2.05) is 20.8 Å². The van der Waals surface area contributed by atoms with Gasteiger partial charge in [-0.25, -0.2) is 8.78 Å². The molecule has 8 nitrogen and oxygen atoms in total. The maximum Gasteiger partial charge on any atom is 0.271 e. The van der Waals surface area contributed by atoms with Gasteiger partial charge in [-0.15, -0.1) is 0 Å². The van der Waals surface area contributed by atoms with E-state index in [-0.39, 0.29) is 17.3 Å². The van der Waals surface area contributed by atoms with E-state index >= 15 is 0 Å². The Morgan fingerprint density at radius 1 is 1.19 bits per heavy atom. The number of halogens is 2. The number of nitrogens with zero attached hydrogens (tertiary/aromatic N) is 1. The van der Waals surface area contributed by atoms with Crippen molar-refractivity contribution < 1.29 is 27.9 Å². The van der Waals surface area contributed by atoms with E-state index in [0.717, 1.165) is 37.3 Å². The maximum atomic E-state index is 13.6. The summed E-state index contributed by atoms with van der Waals surface area (Å²) in [4.78, 5) is 33.6. The van der Waals surface area contributed by atoms with Gasteiger partial charge in [-0.3, -0.25) is 14.7 Å². The third-order valence-electron chi connectivity index (χ3n) is 3.72. The number of benzene rings is 1. The van der Waals surface area contributed by atoms with Gasteiger partial charge in [0.2, 0.25) is 0 Å². The Hall–Kier alpha value is -3.14. The SMILES string of the molecule is CCC(C)C=O.CCCNC(=O)c1[nH]ncc1NC(=O)c1c(F)cccc1F.COC. The maximum absolute atomic E-state index is 13.6. The third-order valence-corrected chi connectivity index (χ3v) is 3.72. The van der Waals surface area contributed by atoms with E-state index in [2.05, 4.69) is 25.6 Å². The third kappa shape index (κ3) is 9.94. The van der Waals surface area contributed by atoms with Crippen molar-refractivity contribution in [3.63, 3.8) is 0 Å². The molecule has 0 aliphatic rings. The topological polar surface area (TPSA) is 113 Å². The zero-order valence-corrected chi connectivity index (χ0v) is 18.4. The number of H-pyrrole nitrogens is 1. The van der Waals surface area contributed by atoms with Crippen LogP contribution in [0.15, 0.2) is 24.4 Å². The summed E-state index contributed by atoms with van der Waals surface area (Å²) >= 11 is 0. The number of hydrogen-bond acceptors (Lipinski definition) is 5. The van der Waals surface area contributed by atoms with Crippen LogP contribution < -0.4 is 10.6 Å². The first kappa shape index (κ1) is 27.9. The van der Waals surface area contributed by atoms with E-state index in [4.69, 9.17) is 0 Å². The van der Waals surface area contributed by atoms with E-state index in [1.54, 1.807) is 14.2 Å².